The first-order chi connectivity index (χ1) is 8.38. The van der Waals surface area contributed by atoms with Crippen molar-refractivity contribution in [3.63, 3.8) is 0 Å². The number of benzene rings is 1. The van der Waals surface area contributed by atoms with E-state index in [0.29, 0.717) is 0 Å². The van der Waals surface area contributed by atoms with Crippen LogP contribution in [0.5, 0.6) is 0 Å². The Hall–Kier alpha value is -2.42. The van der Waals surface area contributed by atoms with Gasteiger partial charge in [0.2, 0.25) is 0 Å². The van der Waals surface area contributed by atoms with Crippen molar-refractivity contribution in [2.45, 2.75) is 0 Å². The smallest absolute Gasteiger partial charge is 0.0722 e. The molecule has 0 atom stereocenters. The molecule has 2 heterocycles. The van der Waals surface area contributed by atoms with Crippen LogP contribution in [0, 0.1) is 0 Å². The lowest BCUT2D eigenvalue weighted by Gasteiger charge is -1.97. The zero-order valence-corrected chi connectivity index (χ0v) is 9.32. The molecule has 2 aromatic heterocycles. The topological polar surface area (TPSA) is 51.8 Å². The van der Waals surface area contributed by atoms with Gasteiger partial charge in [0.15, 0.2) is 0 Å². The van der Waals surface area contributed by atoms with Gasteiger partial charge in [-0.3, -0.25) is 9.97 Å². The number of aromatic nitrogens is 2. The fraction of sp³-hybridized carbons (Fsp3) is 0. The van der Waals surface area contributed by atoms with E-state index in [4.69, 9.17) is 5.73 Å². The fourth-order valence-corrected chi connectivity index (χ4v) is 1.43. The highest BCUT2D eigenvalue weighted by Gasteiger charge is 1.94. The number of pyridine rings is 2. The summed E-state index contributed by atoms with van der Waals surface area (Å²) in [6.45, 7) is 0. The number of para-hydroxylation sites is 1. The van der Waals surface area contributed by atoms with Crippen LogP contribution in [0.3, 0.4) is 0 Å². The molecule has 0 fully saturated rings. The minimum Gasteiger partial charge on any atom is -0.398 e. The van der Waals surface area contributed by atoms with Gasteiger partial charge in [-0.05, 0) is 24.3 Å². The second-order valence-corrected chi connectivity index (χ2v) is 3.44. The van der Waals surface area contributed by atoms with E-state index in [1.807, 2.05) is 48.5 Å². The van der Waals surface area contributed by atoms with Gasteiger partial charge in [0, 0.05) is 29.7 Å². The summed E-state index contributed by atoms with van der Waals surface area (Å²) in [4.78, 5) is 7.95. The van der Waals surface area contributed by atoms with E-state index in [9.17, 15) is 0 Å². The summed E-state index contributed by atoms with van der Waals surface area (Å²) in [6, 6.07) is 15.4. The number of nitrogen functional groups attached to an aromatic ring is 1. The monoisotopic (exact) mass is 223 g/mol. The summed E-state index contributed by atoms with van der Waals surface area (Å²) < 4.78 is 0. The van der Waals surface area contributed by atoms with Crippen molar-refractivity contribution >= 4 is 16.6 Å². The summed E-state index contributed by atoms with van der Waals surface area (Å²) in [6.07, 6.45) is 5.22. The molecule has 3 heteroatoms. The van der Waals surface area contributed by atoms with Crippen LogP contribution in [0.4, 0.5) is 5.69 Å². The molecule has 0 amide bonds. The van der Waals surface area contributed by atoms with Gasteiger partial charge in [0.25, 0.3) is 0 Å². The number of fused-ring (bicyclic) bond motifs is 1. The molecule has 2 N–H and O–H groups in total. The Balaban J connectivity index is 0.000000153. The lowest BCUT2D eigenvalue weighted by Crippen LogP contribution is -1.87. The van der Waals surface area contributed by atoms with Crippen LogP contribution in [0.15, 0.2) is 67.1 Å². The molecule has 0 bridgehead atoms. The van der Waals surface area contributed by atoms with Crippen LogP contribution in [-0.2, 0) is 0 Å². The van der Waals surface area contributed by atoms with E-state index in [2.05, 4.69) is 9.97 Å². The molecule has 0 radical (unpaired) electrons. The minimum atomic E-state index is 0.788. The third kappa shape index (κ3) is 3.01. The highest BCUT2D eigenvalue weighted by atomic mass is 14.7. The van der Waals surface area contributed by atoms with Crippen LogP contribution in [-0.4, -0.2) is 9.97 Å². The molecular formula is C14H13N3. The van der Waals surface area contributed by atoms with Crippen molar-refractivity contribution < 1.29 is 0 Å². The third-order valence-electron chi connectivity index (χ3n) is 2.25. The number of hydrogen-bond donors (Lipinski definition) is 1. The third-order valence-corrected chi connectivity index (χ3v) is 2.25. The zero-order chi connectivity index (χ0) is 11.9. The van der Waals surface area contributed by atoms with Gasteiger partial charge in [0.05, 0.1) is 5.52 Å². The highest BCUT2D eigenvalue weighted by Crippen LogP contribution is 2.16. The molecule has 1 aromatic carbocycles. The first-order valence-corrected chi connectivity index (χ1v) is 5.32. The maximum atomic E-state index is 5.72. The second kappa shape index (κ2) is 5.61. The predicted octanol–water partition coefficient (Wildman–Crippen LogP) is 2.90. The molecule has 0 aliphatic heterocycles. The molecule has 3 aromatic rings. The Labute approximate surface area is 100.0 Å². The molecule has 0 spiro atoms. The normalized spacial score (nSPS) is 9.41. The van der Waals surface area contributed by atoms with Crippen LogP contribution in [0.1, 0.15) is 0 Å². The molecule has 0 unspecified atom stereocenters. The quantitative estimate of drug-likeness (QED) is 0.637. The Bertz CT molecular complexity index is 547. The molecule has 3 nitrogen and oxygen atoms in total. The van der Waals surface area contributed by atoms with Gasteiger partial charge >= 0.3 is 0 Å². The largest absolute Gasteiger partial charge is 0.398 e. The summed E-state index contributed by atoms with van der Waals surface area (Å²) in [5, 5.41) is 1.02. The van der Waals surface area contributed by atoms with E-state index < -0.39 is 0 Å². The van der Waals surface area contributed by atoms with Gasteiger partial charge in [-0.2, -0.15) is 0 Å². The maximum absolute atomic E-state index is 5.72. The average Bonchev–Trinajstić information content (AvgIpc) is 2.42. The van der Waals surface area contributed by atoms with Crippen molar-refractivity contribution in [3.05, 3.63) is 67.1 Å². The van der Waals surface area contributed by atoms with Crippen molar-refractivity contribution in [3.8, 4) is 0 Å². The summed E-state index contributed by atoms with van der Waals surface area (Å²) >= 11 is 0. The summed E-state index contributed by atoms with van der Waals surface area (Å²) in [5.41, 5.74) is 7.46. The Morgan fingerprint density at radius 1 is 0.765 bits per heavy atom. The van der Waals surface area contributed by atoms with Gasteiger partial charge in [-0.15, -0.1) is 0 Å². The lowest BCUT2D eigenvalue weighted by molar-refractivity contribution is 1.33. The fourth-order valence-electron chi connectivity index (χ4n) is 1.43. The zero-order valence-electron chi connectivity index (χ0n) is 9.32. The highest BCUT2D eigenvalue weighted by molar-refractivity contribution is 5.89. The molecule has 0 aliphatic rings. The Kier molecular flexibility index (Phi) is 3.65. The van der Waals surface area contributed by atoms with Crippen LogP contribution >= 0.6 is 0 Å². The van der Waals surface area contributed by atoms with Gasteiger partial charge in [-0.25, -0.2) is 0 Å². The van der Waals surface area contributed by atoms with E-state index in [-0.39, 0.29) is 0 Å². The SMILES string of the molecule is Nc1ccnc2ccccc12.c1ccncc1. The molecule has 0 aliphatic carbocycles. The van der Waals surface area contributed by atoms with Crippen molar-refractivity contribution in [2.75, 3.05) is 5.73 Å². The maximum Gasteiger partial charge on any atom is 0.0722 e. The molecule has 84 valence electrons. The standard InChI is InChI=1S/C9H8N2.C5H5N/c10-8-5-6-11-9-4-2-1-3-7(8)9;1-2-4-6-5-3-1/h1-6H,(H2,10,11);1-5H. The first-order valence-electron chi connectivity index (χ1n) is 5.32. The van der Waals surface area contributed by atoms with E-state index in [1.54, 1.807) is 18.6 Å². The molecule has 3 rings (SSSR count). The van der Waals surface area contributed by atoms with E-state index >= 15 is 0 Å². The van der Waals surface area contributed by atoms with Crippen molar-refractivity contribution in [1.82, 2.24) is 9.97 Å². The number of nitrogens with two attached hydrogens (primary N) is 1. The van der Waals surface area contributed by atoms with Crippen LogP contribution in [0.2, 0.25) is 0 Å². The number of nitrogens with zero attached hydrogens (tertiary/aromatic N) is 2. The summed E-state index contributed by atoms with van der Waals surface area (Å²) in [7, 11) is 0. The molecule has 0 saturated carbocycles. The molecule has 0 saturated heterocycles. The minimum absolute atomic E-state index is 0.788. The van der Waals surface area contributed by atoms with Crippen LogP contribution < -0.4 is 5.73 Å². The number of hydrogen-bond acceptors (Lipinski definition) is 3. The Morgan fingerprint density at radius 3 is 2.12 bits per heavy atom. The number of anilines is 1. The average molecular weight is 223 g/mol. The lowest BCUT2D eigenvalue weighted by atomic mass is 10.2. The first kappa shape index (κ1) is 11.1. The Morgan fingerprint density at radius 2 is 1.53 bits per heavy atom. The van der Waals surface area contributed by atoms with Crippen LogP contribution in [0.25, 0.3) is 10.9 Å². The van der Waals surface area contributed by atoms with E-state index in [1.165, 1.54) is 0 Å². The summed E-state index contributed by atoms with van der Waals surface area (Å²) in [5.74, 6) is 0. The van der Waals surface area contributed by atoms with Crippen molar-refractivity contribution in [2.24, 2.45) is 0 Å². The van der Waals surface area contributed by atoms with Gasteiger partial charge < -0.3 is 5.73 Å². The van der Waals surface area contributed by atoms with Gasteiger partial charge in [0.1, 0.15) is 0 Å². The van der Waals surface area contributed by atoms with E-state index in [0.717, 1.165) is 16.6 Å². The number of rotatable bonds is 0. The van der Waals surface area contributed by atoms with Gasteiger partial charge in [-0.1, -0.05) is 24.3 Å². The second-order valence-electron chi connectivity index (χ2n) is 3.44. The van der Waals surface area contributed by atoms with Crippen molar-refractivity contribution in [1.29, 1.82) is 0 Å². The molecular weight excluding hydrogens is 210 g/mol. The molecule has 17 heavy (non-hydrogen) atoms. The predicted molar refractivity (Wildman–Crippen MR) is 70.4 cm³/mol.